The van der Waals surface area contributed by atoms with Crippen molar-refractivity contribution in [1.82, 2.24) is 5.32 Å². The Morgan fingerprint density at radius 3 is 2.42 bits per heavy atom. The van der Waals surface area contributed by atoms with Gasteiger partial charge in [-0.1, -0.05) is 0 Å². The zero-order chi connectivity index (χ0) is 14.7. The lowest BCUT2D eigenvalue weighted by Gasteiger charge is -2.33. The first-order valence-electron chi connectivity index (χ1n) is 6.99. The lowest BCUT2D eigenvalue weighted by molar-refractivity contribution is -0.147. The molecular formula is C14H25F2NO2. The van der Waals surface area contributed by atoms with Gasteiger partial charge in [0.15, 0.2) is 0 Å². The number of rotatable bonds is 6. The van der Waals surface area contributed by atoms with E-state index in [0.29, 0.717) is 25.8 Å². The van der Waals surface area contributed by atoms with Crippen molar-refractivity contribution in [1.29, 1.82) is 0 Å². The van der Waals surface area contributed by atoms with Crippen molar-refractivity contribution in [3.05, 3.63) is 0 Å². The Morgan fingerprint density at radius 2 is 1.95 bits per heavy atom. The van der Waals surface area contributed by atoms with E-state index in [-0.39, 0.29) is 24.8 Å². The van der Waals surface area contributed by atoms with E-state index in [4.69, 9.17) is 5.11 Å². The van der Waals surface area contributed by atoms with Gasteiger partial charge in [-0.3, -0.25) is 4.79 Å². The molecule has 1 atom stereocenters. The highest BCUT2D eigenvalue weighted by Gasteiger charge is 2.36. The van der Waals surface area contributed by atoms with Crippen molar-refractivity contribution >= 4 is 5.97 Å². The predicted molar refractivity (Wildman–Crippen MR) is 70.4 cm³/mol. The van der Waals surface area contributed by atoms with Crippen molar-refractivity contribution < 1.29 is 18.7 Å². The van der Waals surface area contributed by atoms with Crippen LogP contribution in [0.5, 0.6) is 0 Å². The van der Waals surface area contributed by atoms with Gasteiger partial charge >= 0.3 is 5.97 Å². The highest BCUT2D eigenvalue weighted by atomic mass is 19.3. The summed E-state index contributed by atoms with van der Waals surface area (Å²) in [7, 11) is 0. The minimum Gasteiger partial charge on any atom is -0.481 e. The zero-order valence-electron chi connectivity index (χ0n) is 12.0. The molecule has 3 nitrogen and oxygen atoms in total. The van der Waals surface area contributed by atoms with E-state index in [0.717, 1.165) is 0 Å². The van der Waals surface area contributed by atoms with E-state index in [9.17, 15) is 13.6 Å². The fourth-order valence-corrected chi connectivity index (χ4v) is 2.45. The Bertz CT molecular complexity index is 309. The van der Waals surface area contributed by atoms with E-state index >= 15 is 0 Å². The van der Waals surface area contributed by atoms with Gasteiger partial charge in [-0.25, -0.2) is 8.78 Å². The van der Waals surface area contributed by atoms with Gasteiger partial charge in [0.2, 0.25) is 5.92 Å². The minimum atomic E-state index is -2.48. The van der Waals surface area contributed by atoms with Crippen molar-refractivity contribution in [2.75, 3.05) is 6.54 Å². The van der Waals surface area contributed by atoms with Gasteiger partial charge in [0.25, 0.3) is 0 Å². The fourth-order valence-electron chi connectivity index (χ4n) is 2.45. The summed E-state index contributed by atoms with van der Waals surface area (Å²) in [6.45, 7) is 6.00. The van der Waals surface area contributed by atoms with Crippen molar-refractivity contribution in [3.8, 4) is 0 Å². The summed E-state index contributed by atoms with van der Waals surface area (Å²) >= 11 is 0. The monoisotopic (exact) mass is 277 g/mol. The maximum absolute atomic E-state index is 13.1. The molecule has 1 unspecified atom stereocenters. The van der Waals surface area contributed by atoms with Gasteiger partial charge in [0.1, 0.15) is 0 Å². The molecule has 2 N–H and O–H groups in total. The predicted octanol–water partition coefficient (Wildman–Crippen LogP) is 3.29. The second-order valence-corrected chi connectivity index (χ2v) is 6.38. The maximum Gasteiger partial charge on any atom is 0.309 e. The van der Waals surface area contributed by atoms with Gasteiger partial charge < -0.3 is 10.4 Å². The normalized spacial score (nSPS) is 22.2. The first-order chi connectivity index (χ1) is 8.64. The van der Waals surface area contributed by atoms with Crippen LogP contribution in [0.2, 0.25) is 0 Å². The first-order valence-corrected chi connectivity index (χ1v) is 6.99. The number of halogens is 2. The van der Waals surface area contributed by atoms with E-state index in [1.807, 2.05) is 6.92 Å². The van der Waals surface area contributed by atoms with E-state index in [2.05, 4.69) is 5.32 Å². The Kier molecular flexibility index (Phi) is 5.30. The number of carbonyl (C=O) groups is 1. The minimum absolute atomic E-state index is 0.0235. The number of hydrogen-bond donors (Lipinski definition) is 2. The van der Waals surface area contributed by atoms with Crippen LogP contribution in [-0.2, 0) is 4.79 Å². The largest absolute Gasteiger partial charge is 0.481 e. The standard InChI is InChI=1S/C14H25F2NO2/c1-10(11-4-6-14(15,16)7-5-11)17-9-8-13(2,3)12(18)19/h10-11,17H,4-9H2,1-3H3,(H,18,19). The van der Waals surface area contributed by atoms with Crippen LogP contribution in [0, 0.1) is 11.3 Å². The maximum atomic E-state index is 13.1. The Hall–Kier alpha value is -0.710. The summed E-state index contributed by atoms with van der Waals surface area (Å²) in [5.41, 5.74) is -0.744. The molecule has 0 spiro atoms. The Morgan fingerprint density at radius 1 is 1.42 bits per heavy atom. The summed E-state index contributed by atoms with van der Waals surface area (Å²) in [5, 5.41) is 12.3. The molecule has 5 heteroatoms. The number of nitrogens with one attached hydrogen (secondary N) is 1. The number of aliphatic carboxylic acids is 1. The number of alkyl halides is 2. The average molecular weight is 277 g/mol. The lowest BCUT2D eigenvalue weighted by Crippen LogP contribution is -2.40. The fraction of sp³-hybridized carbons (Fsp3) is 0.929. The molecule has 0 radical (unpaired) electrons. The molecule has 19 heavy (non-hydrogen) atoms. The van der Waals surface area contributed by atoms with Gasteiger partial charge in [-0.2, -0.15) is 0 Å². The van der Waals surface area contributed by atoms with Crippen LogP contribution in [0.1, 0.15) is 52.9 Å². The highest BCUT2D eigenvalue weighted by molar-refractivity contribution is 5.73. The average Bonchev–Trinajstić information content (AvgIpc) is 2.28. The van der Waals surface area contributed by atoms with Crippen molar-refractivity contribution in [3.63, 3.8) is 0 Å². The van der Waals surface area contributed by atoms with Crippen LogP contribution in [-0.4, -0.2) is 29.6 Å². The first kappa shape index (κ1) is 16.3. The quantitative estimate of drug-likeness (QED) is 0.783. The molecule has 0 aromatic heterocycles. The molecule has 112 valence electrons. The second-order valence-electron chi connectivity index (χ2n) is 6.38. The Balaban J connectivity index is 2.29. The number of carboxylic acid groups (broad SMARTS) is 1. The van der Waals surface area contributed by atoms with Crippen LogP contribution >= 0.6 is 0 Å². The lowest BCUT2D eigenvalue weighted by atomic mass is 9.82. The van der Waals surface area contributed by atoms with Gasteiger partial charge in [0.05, 0.1) is 5.41 Å². The molecule has 0 aliphatic heterocycles. The summed E-state index contributed by atoms with van der Waals surface area (Å²) in [6, 6.07) is 0.167. The molecule has 0 aromatic carbocycles. The van der Waals surface area contributed by atoms with Gasteiger partial charge in [-0.05, 0) is 52.5 Å². The second kappa shape index (κ2) is 6.16. The molecule has 1 fully saturated rings. The van der Waals surface area contributed by atoms with Crippen LogP contribution in [0.25, 0.3) is 0 Å². The SMILES string of the molecule is CC(NCCC(C)(C)C(=O)O)C1CCC(F)(F)CC1. The van der Waals surface area contributed by atoms with Crippen LogP contribution in [0.4, 0.5) is 8.78 Å². The Labute approximate surface area is 113 Å². The van der Waals surface area contributed by atoms with Crippen LogP contribution in [0.3, 0.4) is 0 Å². The summed E-state index contributed by atoms with van der Waals surface area (Å²) in [6.07, 6.45) is 1.58. The van der Waals surface area contributed by atoms with E-state index < -0.39 is 17.3 Å². The van der Waals surface area contributed by atoms with Gasteiger partial charge in [-0.15, -0.1) is 0 Å². The zero-order valence-corrected chi connectivity index (χ0v) is 12.0. The summed E-state index contributed by atoms with van der Waals surface area (Å²) in [5.74, 6) is -3.02. The third kappa shape index (κ3) is 5.05. The summed E-state index contributed by atoms with van der Waals surface area (Å²) in [4.78, 5) is 11.0. The molecule has 0 bridgehead atoms. The number of hydrogen-bond acceptors (Lipinski definition) is 2. The molecule has 1 rings (SSSR count). The van der Waals surface area contributed by atoms with Crippen molar-refractivity contribution in [2.45, 2.75) is 64.8 Å². The summed E-state index contributed by atoms with van der Waals surface area (Å²) < 4.78 is 26.1. The number of carboxylic acids is 1. The molecule has 0 saturated heterocycles. The highest BCUT2D eigenvalue weighted by Crippen LogP contribution is 2.37. The molecule has 1 aliphatic rings. The third-order valence-electron chi connectivity index (χ3n) is 4.26. The molecule has 1 aliphatic carbocycles. The molecule has 0 aromatic rings. The molecule has 0 amide bonds. The molecular weight excluding hydrogens is 252 g/mol. The van der Waals surface area contributed by atoms with Gasteiger partial charge in [0, 0.05) is 18.9 Å². The van der Waals surface area contributed by atoms with Crippen molar-refractivity contribution in [2.24, 2.45) is 11.3 Å². The third-order valence-corrected chi connectivity index (χ3v) is 4.26. The smallest absolute Gasteiger partial charge is 0.309 e. The van der Waals surface area contributed by atoms with Crippen LogP contribution < -0.4 is 5.32 Å². The van der Waals surface area contributed by atoms with Crippen LogP contribution in [0.15, 0.2) is 0 Å². The molecule has 1 saturated carbocycles. The molecule has 0 heterocycles. The topological polar surface area (TPSA) is 49.3 Å². The van der Waals surface area contributed by atoms with E-state index in [1.54, 1.807) is 13.8 Å². The van der Waals surface area contributed by atoms with E-state index in [1.165, 1.54) is 0 Å².